The van der Waals surface area contributed by atoms with E-state index >= 15 is 0 Å². The summed E-state index contributed by atoms with van der Waals surface area (Å²) in [6, 6.07) is 31.0. The van der Waals surface area contributed by atoms with E-state index in [2.05, 4.69) is 100 Å². The molecule has 0 saturated carbocycles. The van der Waals surface area contributed by atoms with Crippen molar-refractivity contribution in [1.82, 2.24) is 10.2 Å². The van der Waals surface area contributed by atoms with Crippen molar-refractivity contribution in [3.05, 3.63) is 102 Å². The van der Waals surface area contributed by atoms with Gasteiger partial charge in [-0.2, -0.15) is 0 Å². The molecular weight excluding hydrogens is 378 g/mol. The van der Waals surface area contributed by atoms with Gasteiger partial charge in [-0.1, -0.05) is 72.8 Å². The van der Waals surface area contributed by atoms with E-state index in [9.17, 15) is 0 Å². The third-order valence-corrected chi connectivity index (χ3v) is 7.17. The molecule has 0 bridgehead atoms. The fourth-order valence-corrected chi connectivity index (χ4v) is 5.50. The molecular formula is C28H33N3. The minimum Gasteiger partial charge on any atom is -0.369 e. The summed E-state index contributed by atoms with van der Waals surface area (Å²) in [7, 11) is 0. The maximum atomic E-state index is 3.72. The molecule has 0 spiro atoms. The number of benzene rings is 3. The van der Waals surface area contributed by atoms with Gasteiger partial charge in [-0.15, -0.1) is 0 Å². The SMILES string of the molecule is c1ccc(N2CCN(CCCC3(c4ccccc4)CNCc4ccccc43)CC2)cc1. The van der Waals surface area contributed by atoms with Crippen molar-refractivity contribution in [2.75, 3.05) is 44.2 Å². The highest BCUT2D eigenvalue weighted by molar-refractivity contribution is 5.47. The molecule has 3 aromatic carbocycles. The quantitative estimate of drug-likeness (QED) is 0.635. The topological polar surface area (TPSA) is 18.5 Å². The summed E-state index contributed by atoms with van der Waals surface area (Å²) in [6.45, 7) is 7.74. The van der Waals surface area contributed by atoms with Crippen LogP contribution in [0, 0.1) is 0 Å². The second kappa shape index (κ2) is 9.25. The van der Waals surface area contributed by atoms with Gasteiger partial charge in [0.2, 0.25) is 0 Å². The third-order valence-electron chi connectivity index (χ3n) is 7.17. The highest BCUT2D eigenvalue weighted by atomic mass is 15.3. The largest absolute Gasteiger partial charge is 0.369 e. The summed E-state index contributed by atoms with van der Waals surface area (Å²) in [4.78, 5) is 5.17. The number of hydrogen-bond acceptors (Lipinski definition) is 3. The van der Waals surface area contributed by atoms with Crippen LogP contribution in [-0.4, -0.2) is 44.2 Å². The Labute approximate surface area is 186 Å². The van der Waals surface area contributed by atoms with Gasteiger partial charge in [0.25, 0.3) is 0 Å². The number of nitrogens with one attached hydrogen (secondary N) is 1. The zero-order valence-electron chi connectivity index (χ0n) is 18.3. The predicted octanol–water partition coefficient (Wildman–Crippen LogP) is 4.68. The Hall–Kier alpha value is -2.62. The number of hydrogen-bond donors (Lipinski definition) is 1. The molecule has 3 nitrogen and oxygen atoms in total. The highest BCUT2D eigenvalue weighted by Gasteiger charge is 2.37. The molecule has 1 unspecified atom stereocenters. The lowest BCUT2D eigenvalue weighted by Gasteiger charge is -2.41. The molecule has 1 N–H and O–H groups in total. The molecule has 2 aliphatic rings. The molecule has 3 aromatic rings. The lowest BCUT2D eigenvalue weighted by atomic mass is 9.68. The van der Waals surface area contributed by atoms with Gasteiger partial charge in [0.1, 0.15) is 0 Å². The summed E-state index contributed by atoms with van der Waals surface area (Å²) >= 11 is 0. The van der Waals surface area contributed by atoms with Gasteiger partial charge >= 0.3 is 0 Å². The summed E-state index contributed by atoms with van der Waals surface area (Å²) in [6.07, 6.45) is 2.40. The number of fused-ring (bicyclic) bond motifs is 1. The van der Waals surface area contributed by atoms with Gasteiger partial charge in [-0.05, 0) is 48.2 Å². The first-order valence-electron chi connectivity index (χ1n) is 11.7. The van der Waals surface area contributed by atoms with Crippen LogP contribution in [0.25, 0.3) is 0 Å². The molecule has 1 atom stereocenters. The van der Waals surface area contributed by atoms with Crippen molar-refractivity contribution in [3.63, 3.8) is 0 Å². The zero-order chi connectivity index (χ0) is 20.9. The first-order chi connectivity index (χ1) is 15.4. The number of anilines is 1. The molecule has 0 aliphatic carbocycles. The minimum absolute atomic E-state index is 0.0714. The number of nitrogens with zero attached hydrogens (tertiary/aromatic N) is 2. The van der Waals surface area contributed by atoms with Crippen LogP contribution >= 0.6 is 0 Å². The van der Waals surface area contributed by atoms with E-state index in [0.29, 0.717) is 0 Å². The van der Waals surface area contributed by atoms with Crippen LogP contribution in [0.2, 0.25) is 0 Å². The van der Waals surface area contributed by atoms with Crippen LogP contribution in [0.1, 0.15) is 29.5 Å². The molecule has 5 rings (SSSR count). The number of piperazine rings is 1. The fraction of sp³-hybridized carbons (Fsp3) is 0.357. The predicted molar refractivity (Wildman–Crippen MR) is 130 cm³/mol. The van der Waals surface area contributed by atoms with E-state index in [4.69, 9.17) is 0 Å². The summed E-state index contributed by atoms with van der Waals surface area (Å²) in [5.41, 5.74) is 5.85. The van der Waals surface area contributed by atoms with Gasteiger partial charge in [0, 0.05) is 50.4 Å². The Morgan fingerprint density at radius 1 is 0.742 bits per heavy atom. The molecule has 0 amide bonds. The Morgan fingerprint density at radius 3 is 2.19 bits per heavy atom. The standard InChI is InChI=1S/C28H33N3/c1-3-11-25(12-4-1)28(23-29-22-24-10-7-8-15-27(24)28)16-9-17-30-18-20-31(21-19-30)26-13-5-2-6-14-26/h1-8,10-15,29H,9,16-23H2. The lowest BCUT2D eigenvalue weighted by Crippen LogP contribution is -2.47. The van der Waals surface area contributed by atoms with Crippen LogP contribution in [0.5, 0.6) is 0 Å². The minimum atomic E-state index is 0.0714. The molecule has 0 radical (unpaired) electrons. The third kappa shape index (κ3) is 4.26. The van der Waals surface area contributed by atoms with Gasteiger partial charge in [-0.25, -0.2) is 0 Å². The monoisotopic (exact) mass is 411 g/mol. The Morgan fingerprint density at radius 2 is 1.42 bits per heavy atom. The molecule has 2 aliphatic heterocycles. The van der Waals surface area contributed by atoms with Crippen molar-refractivity contribution in [3.8, 4) is 0 Å². The Balaban J connectivity index is 1.26. The first kappa shape index (κ1) is 20.3. The lowest BCUT2D eigenvalue weighted by molar-refractivity contribution is 0.243. The molecule has 31 heavy (non-hydrogen) atoms. The summed E-state index contributed by atoms with van der Waals surface area (Å²) < 4.78 is 0. The number of rotatable bonds is 6. The van der Waals surface area contributed by atoms with Gasteiger partial charge < -0.3 is 10.2 Å². The van der Waals surface area contributed by atoms with E-state index in [0.717, 1.165) is 39.3 Å². The van der Waals surface area contributed by atoms with Crippen molar-refractivity contribution in [1.29, 1.82) is 0 Å². The first-order valence-corrected chi connectivity index (χ1v) is 11.7. The molecule has 160 valence electrons. The van der Waals surface area contributed by atoms with E-state index in [1.165, 1.54) is 41.8 Å². The smallest absolute Gasteiger partial charge is 0.0367 e. The van der Waals surface area contributed by atoms with Crippen molar-refractivity contribution in [2.24, 2.45) is 0 Å². The molecule has 0 aromatic heterocycles. The van der Waals surface area contributed by atoms with E-state index < -0.39 is 0 Å². The van der Waals surface area contributed by atoms with Crippen LogP contribution < -0.4 is 10.2 Å². The van der Waals surface area contributed by atoms with Crippen LogP contribution in [0.4, 0.5) is 5.69 Å². The van der Waals surface area contributed by atoms with E-state index in [-0.39, 0.29) is 5.41 Å². The van der Waals surface area contributed by atoms with E-state index in [1.807, 2.05) is 0 Å². The second-order valence-corrected chi connectivity index (χ2v) is 8.98. The normalized spacial score (nSPS) is 21.6. The zero-order valence-corrected chi connectivity index (χ0v) is 18.3. The molecule has 1 saturated heterocycles. The van der Waals surface area contributed by atoms with Crippen LogP contribution in [-0.2, 0) is 12.0 Å². The average molecular weight is 412 g/mol. The van der Waals surface area contributed by atoms with Crippen LogP contribution in [0.15, 0.2) is 84.9 Å². The summed E-state index contributed by atoms with van der Waals surface area (Å²) in [5, 5.41) is 3.72. The maximum absolute atomic E-state index is 3.72. The van der Waals surface area contributed by atoms with Crippen molar-refractivity contribution >= 4 is 5.69 Å². The van der Waals surface area contributed by atoms with Crippen molar-refractivity contribution < 1.29 is 0 Å². The summed E-state index contributed by atoms with van der Waals surface area (Å²) in [5.74, 6) is 0. The fourth-order valence-electron chi connectivity index (χ4n) is 5.50. The highest BCUT2D eigenvalue weighted by Crippen LogP contribution is 2.40. The van der Waals surface area contributed by atoms with Crippen molar-refractivity contribution in [2.45, 2.75) is 24.8 Å². The Bertz CT molecular complexity index is 964. The molecule has 2 heterocycles. The number of para-hydroxylation sites is 1. The average Bonchev–Trinajstić information content (AvgIpc) is 2.86. The Kier molecular flexibility index (Phi) is 6.06. The van der Waals surface area contributed by atoms with E-state index in [1.54, 1.807) is 0 Å². The van der Waals surface area contributed by atoms with Gasteiger partial charge in [-0.3, -0.25) is 4.90 Å². The molecule has 3 heteroatoms. The van der Waals surface area contributed by atoms with Gasteiger partial charge in [0.15, 0.2) is 0 Å². The second-order valence-electron chi connectivity index (χ2n) is 8.98. The van der Waals surface area contributed by atoms with Gasteiger partial charge in [0.05, 0.1) is 0 Å². The van der Waals surface area contributed by atoms with Crippen LogP contribution in [0.3, 0.4) is 0 Å². The maximum Gasteiger partial charge on any atom is 0.0367 e. The molecule has 1 fully saturated rings.